The molecule has 0 bridgehead atoms. The number of nitriles is 1. The number of hydrogen-bond acceptors (Lipinski definition) is 5. The topological polar surface area (TPSA) is 68.5 Å². The van der Waals surface area contributed by atoms with E-state index in [1.165, 1.54) is 14.2 Å². The van der Waals surface area contributed by atoms with Crippen LogP contribution in [0.2, 0.25) is 0 Å². The predicted molar refractivity (Wildman–Crippen MR) is 106 cm³/mol. The molecule has 0 saturated carbocycles. The quantitative estimate of drug-likeness (QED) is 0.596. The molecule has 0 fully saturated rings. The molecule has 3 aromatic carbocycles. The van der Waals surface area contributed by atoms with E-state index in [0.29, 0.717) is 39.5 Å². The molecule has 0 unspecified atom stereocenters. The molecule has 28 heavy (non-hydrogen) atoms. The van der Waals surface area contributed by atoms with Gasteiger partial charge in [0.2, 0.25) is 0 Å². The predicted octanol–water partition coefficient (Wildman–Crippen LogP) is 4.48. The van der Waals surface area contributed by atoms with E-state index in [9.17, 15) is 10.1 Å². The molecule has 0 atom stereocenters. The van der Waals surface area contributed by atoms with Crippen LogP contribution in [0.3, 0.4) is 0 Å². The molecule has 0 saturated heterocycles. The van der Waals surface area contributed by atoms with Gasteiger partial charge >= 0.3 is 0 Å². The SMILES string of the molecule is COc1cc(C#N)cc(-c2cc(OC)c(C(=O)c3ccccc3)cc2OC)c1. The molecule has 3 rings (SSSR count). The number of ether oxygens (including phenoxy) is 3. The van der Waals surface area contributed by atoms with Gasteiger partial charge in [0.25, 0.3) is 0 Å². The third-order valence-electron chi connectivity index (χ3n) is 4.38. The van der Waals surface area contributed by atoms with Gasteiger partial charge in [-0.2, -0.15) is 5.26 Å². The van der Waals surface area contributed by atoms with Gasteiger partial charge in [0, 0.05) is 11.1 Å². The fourth-order valence-electron chi connectivity index (χ4n) is 2.98. The number of ketones is 1. The van der Waals surface area contributed by atoms with Crippen LogP contribution in [0.5, 0.6) is 17.2 Å². The summed E-state index contributed by atoms with van der Waals surface area (Å²) in [6.07, 6.45) is 0. The first-order valence-electron chi connectivity index (χ1n) is 8.56. The maximum absolute atomic E-state index is 12.9. The van der Waals surface area contributed by atoms with Crippen molar-refractivity contribution < 1.29 is 19.0 Å². The minimum atomic E-state index is -0.161. The Kier molecular flexibility index (Phi) is 5.61. The Morgan fingerprint density at radius 3 is 2.18 bits per heavy atom. The summed E-state index contributed by atoms with van der Waals surface area (Å²) >= 11 is 0. The van der Waals surface area contributed by atoms with Crippen molar-refractivity contribution in [1.82, 2.24) is 0 Å². The maximum Gasteiger partial charge on any atom is 0.196 e. The van der Waals surface area contributed by atoms with Crippen molar-refractivity contribution in [2.24, 2.45) is 0 Å². The van der Waals surface area contributed by atoms with Gasteiger partial charge in [-0.25, -0.2) is 0 Å². The number of carbonyl (C=O) groups is 1. The number of carbonyl (C=O) groups excluding carboxylic acids is 1. The summed E-state index contributed by atoms with van der Waals surface area (Å²) in [5.41, 5.74) is 2.84. The molecule has 0 N–H and O–H groups in total. The Morgan fingerprint density at radius 1 is 0.857 bits per heavy atom. The molecule has 3 aromatic rings. The molecule has 0 aromatic heterocycles. The second-order valence-corrected chi connectivity index (χ2v) is 6.01. The van der Waals surface area contributed by atoms with E-state index in [-0.39, 0.29) is 5.78 Å². The molecule has 0 radical (unpaired) electrons. The van der Waals surface area contributed by atoms with E-state index in [2.05, 4.69) is 6.07 Å². The number of benzene rings is 3. The van der Waals surface area contributed by atoms with Crippen LogP contribution < -0.4 is 14.2 Å². The monoisotopic (exact) mass is 373 g/mol. The highest BCUT2D eigenvalue weighted by Gasteiger charge is 2.20. The third kappa shape index (κ3) is 3.67. The third-order valence-corrected chi connectivity index (χ3v) is 4.38. The summed E-state index contributed by atoms with van der Waals surface area (Å²) in [5.74, 6) is 1.31. The summed E-state index contributed by atoms with van der Waals surface area (Å²) in [4.78, 5) is 12.9. The Bertz CT molecular complexity index is 1050. The average molecular weight is 373 g/mol. The van der Waals surface area contributed by atoms with E-state index in [1.54, 1.807) is 49.6 Å². The van der Waals surface area contributed by atoms with Gasteiger partial charge in [-0.05, 0) is 35.9 Å². The molecule has 140 valence electrons. The van der Waals surface area contributed by atoms with Crippen molar-refractivity contribution >= 4 is 5.78 Å². The summed E-state index contributed by atoms with van der Waals surface area (Å²) in [7, 11) is 4.59. The number of hydrogen-bond donors (Lipinski definition) is 0. The van der Waals surface area contributed by atoms with Gasteiger partial charge in [0.05, 0.1) is 38.5 Å². The Balaban J connectivity index is 2.18. The van der Waals surface area contributed by atoms with Crippen LogP contribution in [0.1, 0.15) is 21.5 Å². The Morgan fingerprint density at radius 2 is 1.57 bits per heavy atom. The molecule has 0 spiro atoms. The number of nitrogens with zero attached hydrogens (tertiary/aromatic N) is 1. The van der Waals surface area contributed by atoms with Gasteiger partial charge < -0.3 is 14.2 Å². The first-order valence-corrected chi connectivity index (χ1v) is 8.56. The van der Waals surface area contributed by atoms with Gasteiger partial charge in [-0.1, -0.05) is 30.3 Å². The van der Waals surface area contributed by atoms with Crippen LogP contribution in [0.15, 0.2) is 60.7 Å². The van der Waals surface area contributed by atoms with Crippen molar-refractivity contribution in [2.45, 2.75) is 0 Å². The Labute approximate surface area is 163 Å². The van der Waals surface area contributed by atoms with Crippen LogP contribution in [-0.2, 0) is 0 Å². The zero-order valence-corrected chi connectivity index (χ0v) is 15.9. The summed E-state index contributed by atoms with van der Waals surface area (Å²) in [5, 5.41) is 9.29. The van der Waals surface area contributed by atoms with E-state index in [1.807, 2.05) is 18.2 Å². The van der Waals surface area contributed by atoms with Crippen molar-refractivity contribution in [3.63, 3.8) is 0 Å². The van der Waals surface area contributed by atoms with E-state index in [0.717, 1.165) is 5.56 Å². The van der Waals surface area contributed by atoms with Crippen LogP contribution in [0, 0.1) is 11.3 Å². The fraction of sp³-hybridized carbons (Fsp3) is 0.130. The minimum absolute atomic E-state index is 0.161. The molecular formula is C23H19NO4. The number of rotatable bonds is 6. The summed E-state index contributed by atoms with van der Waals surface area (Å²) in [6, 6.07) is 19.7. The van der Waals surface area contributed by atoms with Gasteiger partial charge in [0.15, 0.2) is 5.78 Å². The zero-order chi connectivity index (χ0) is 20.1. The van der Waals surface area contributed by atoms with Crippen molar-refractivity contribution in [3.05, 3.63) is 77.4 Å². The fourth-order valence-corrected chi connectivity index (χ4v) is 2.98. The standard InChI is InChI=1S/C23H19NO4/c1-26-18-10-15(14-24)9-17(11-18)19-12-22(28-3)20(13-21(19)27-2)23(25)16-7-5-4-6-8-16/h4-13H,1-3H3. The van der Waals surface area contributed by atoms with E-state index in [4.69, 9.17) is 14.2 Å². The lowest BCUT2D eigenvalue weighted by Gasteiger charge is -2.15. The minimum Gasteiger partial charge on any atom is -0.497 e. The lowest BCUT2D eigenvalue weighted by Crippen LogP contribution is -2.05. The highest BCUT2D eigenvalue weighted by molar-refractivity contribution is 6.11. The van der Waals surface area contributed by atoms with E-state index >= 15 is 0 Å². The highest BCUT2D eigenvalue weighted by atomic mass is 16.5. The number of methoxy groups -OCH3 is 3. The van der Waals surface area contributed by atoms with Crippen LogP contribution in [-0.4, -0.2) is 27.1 Å². The second kappa shape index (κ2) is 8.28. The summed E-state index contributed by atoms with van der Waals surface area (Å²) in [6.45, 7) is 0. The molecule has 0 aliphatic carbocycles. The molecule has 5 heteroatoms. The molecular weight excluding hydrogens is 354 g/mol. The first-order chi connectivity index (χ1) is 13.6. The molecule has 0 aliphatic heterocycles. The van der Waals surface area contributed by atoms with E-state index < -0.39 is 0 Å². The van der Waals surface area contributed by atoms with Gasteiger partial charge in [0.1, 0.15) is 17.2 Å². The van der Waals surface area contributed by atoms with Gasteiger partial charge in [-0.3, -0.25) is 4.79 Å². The van der Waals surface area contributed by atoms with Crippen LogP contribution in [0.25, 0.3) is 11.1 Å². The molecule has 5 nitrogen and oxygen atoms in total. The first kappa shape index (κ1) is 19.0. The van der Waals surface area contributed by atoms with Crippen LogP contribution in [0.4, 0.5) is 0 Å². The normalized spacial score (nSPS) is 10.1. The zero-order valence-electron chi connectivity index (χ0n) is 15.9. The smallest absolute Gasteiger partial charge is 0.196 e. The van der Waals surface area contributed by atoms with Crippen molar-refractivity contribution in [2.75, 3.05) is 21.3 Å². The summed E-state index contributed by atoms with van der Waals surface area (Å²) < 4.78 is 16.3. The largest absolute Gasteiger partial charge is 0.497 e. The lowest BCUT2D eigenvalue weighted by molar-refractivity contribution is 0.103. The van der Waals surface area contributed by atoms with Crippen molar-refractivity contribution in [3.8, 4) is 34.4 Å². The maximum atomic E-state index is 12.9. The van der Waals surface area contributed by atoms with Gasteiger partial charge in [-0.15, -0.1) is 0 Å². The second-order valence-electron chi connectivity index (χ2n) is 6.01. The molecule has 0 heterocycles. The molecule has 0 amide bonds. The Hall–Kier alpha value is -3.78. The van der Waals surface area contributed by atoms with Crippen LogP contribution >= 0.6 is 0 Å². The highest BCUT2D eigenvalue weighted by Crippen LogP contribution is 2.38. The average Bonchev–Trinajstić information content (AvgIpc) is 2.77. The molecule has 0 aliphatic rings. The van der Waals surface area contributed by atoms with Crippen molar-refractivity contribution in [1.29, 1.82) is 5.26 Å². The lowest BCUT2D eigenvalue weighted by atomic mass is 9.96.